The highest BCUT2D eigenvalue weighted by Gasteiger charge is 2.05. The molecule has 2 N–H and O–H groups in total. The van der Waals surface area contributed by atoms with Crippen LogP contribution in [0, 0.1) is 0 Å². The molecular formula is C24H30N4OS. The predicted molar refractivity (Wildman–Crippen MR) is 125 cm³/mol. The van der Waals surface area contributed by atoms with Gasteiger partial charge < -0.3 is 15.4 Å². The van der Waals surface area contributed by atoms with Gasteiger partial charge in [-0.1, -0.05) is 61.5 Å². The number of aliphatic imine (C=N–C) groups is 1. The number of aryl methyl sites for hydroxylation is 1. The number of guanidine groups is 1. The minimum atomic E-state index is 0.586. The van der Waals surface area contributed by atoms with Gasteiger partial charge in [0.2, 0.25) is 0 Å². The highest BCUT2D eigenvalue weighted by Crippen LogP contribution is 2.14. The van der Waals surface area contributed by atoms with E-state index in [1.165, 1.54) is 21.6 Å². The van der Waals surface area contributed by atoms with Crippen molar-refractivity contribution in [3.8, 4) is 0 Å². The molecule has 0 bridgehead atoms. The molecule has 0 aliphatic heterocycles. The fourth-order valence-corrected chi connectivity index (χ4v) is 3.90. The van der Waals surface area contributed by atoms with Crippen molar-refractivity contribution in [2.45, 2.75) is 39.5 Å². The van der Waals surface area contributed by atoms with Crippen LogP contribution in [0.5, 0.6) is 0 Å². The molecule has 0 spiro atoms. The van der Waals surface area contributed by atoms with Crippen molar-refractivity contribution in [3.63, 3.8) is 0 Å². The number of aromatic nitrogens is 1. The maximum atomic E-state index is 5.93. The Kier molecular flexibility index (Phi) is 8.87. The molecule has 6 heteroatoms. The summed E-state index contributed by atoms with van der Waals surface area (Å²) in [4.78, 5) is 10.1. The van der Waals surface area contributed by atoms with Crippen LogP contribution in [0.2, 0.25) is 0 Å². The van der Waals surface area contributed by atoms with Crippen LogP contribution in [0.4, 0.5) is 0 Å². The lowest BCUT2D eigenvalue weighted by Gasteiger charge is -2.14. The van der Waals surface area contributed by atoms with E-state index in [-0.39, 0.29) is 0 Å². The second kappa shape index (κ2) is 12.1. The number of nitrogens with one attached hydrogen (secondary N) is 2. The largest absolute Gasteiger partial charge is 0.372 e. The lowest BCUT2D eigenvalue weighted by molar-refractivity contribution is 0.106. The lowest BCUT2D eigenvalue weighted by atomic mass is 10.1. The van der Waals surface area contributed by atoms with Gasteiger partial charge in [-0.25, -0.2) is 4.98 Å². The van der Waals surface area contributed by atoms with Gasteiger partial charge in [0.05, 0.1) is 18.2 Å². The first kappa shape index (κ1) is 22.0. The summed E-state index contributed by atoms with van der Waals surface area (Å²) in [6.45, 7) is 4.86. The highest BCUT2D eigenvalue weighted by molar-refractivity contribution is 7.11. The average Bonchev–Trinajstić information content (AvgIpc) is 3.25. The third-order valence-electron chi connectivity index (χ3n) is 4.74. The van der Waals surface area contributed by atoms with Gasteiger partial charge in [0, 0.05) is 37.6 Å². The molecule has 0 saturated heterocycles. The summed E-state index contributed by atoms with van der Waals surface area (Å²) >= 11 is 1.78. The molecule has 5 nitrogen and oxygen atoms in total. The van der Waals surface area contributed by atoms with Gasteiger partial charge in [-0.05, 0) is 23.1 Å². The van der Waals surface area contributed by atoms with Crippen molar-refractivity contribution in [2.75, 3.05) is 13.6 Å². The van der Waals surface area contributed by atoms with E-state index in [2.05, 4.69) is 63.9 Å². The Labute approximate surface area is 183 Å². The van der Waals surface area contributed by atoms with Gasteiger partial charge in [-0.3, -0.25) is 4.99 Å². The number of benzene rings is 2. The van der Waals surface area contributed by atoms with E-state index in [1.807, 2.05) is 24.4 Å². The summed E-state index contributed by atoms with van der Waals surface area (Å²) in [5, 5.41) is 7.94. The van der Waals surface area contributed by atoms with Crippen LogP contribution >= 0.6 is 11.3 Å². The third kappa shape index (κ3) is 6.97. The van der Waals surface area contributed by atoms with E-state index in [0.717, 1.165) is 30.4 Å². The van der Waals surface area contributed by atoms with Gasteiger partial charge in [0.25, 0.3) is 0 Å². The van der Waals surface area contributed by atoms with E-state index in [4.69, 9.17) is 4.74 Å². The molecule has 1 aromatic heterocycles. The molecule has 0 atom stereocenters. The van der Waals surface area contributed by atoms with Gasteiger partial charge in [-0.15, -0.1) is 11.3 Å². The van der Waals surface area contributed by atoms with E-state index in [9.17, 15) is 0 Å². The fraction of sp³-hybridized carbons (Fsp3) is 0.333. The van der Waals surface area contributed by atoms with Crippen molar-refractivity contribution in [1.82, 2.24) is 15.6 Å². The smallest absolute Gasteiger partial charge is 0.191 e. The number of hydrogen-bond donors (Lipinski definition) is 2. The van der Waals surface area contributed by atoms with E-state index >= 15 is 0 Å². The standard InChI is InChI=1S/C24H30N4OS/c1-3-22-16-27-23(30-22)13-14-26-24(25-2)28-15-20-11-7-8-12-21(20)18-29-17-19-9-5-4-6-10-19/h4-12,16H,3,13-15,17-18H2,1-2H3,(H2,25,26,28). The van der Waals surface area contributed by atoms with Crippen LogP contribution in [0.25, 0.3) is 0 Å². The zero-order valence-corrected chi connectivity index (χ0v) is 18.5. The first-order valence-corrected chi connectivity index (χ1v) is 11.2. The van der Waals surface area contributed by atoms with Crippen LogP contribution < -0.4 is 10.6 Å². The summed E-state index contributed by atoms with van der Waals surface area (Å²) in [5.41, 5.74) is 3.58. The number of ether oxygens (including phenoxy) is 1. The van der Waals surface area contributed by atoms with Crippen LogP contribution in [0.3, 0.4) is 0 Å². The molecule has 1 heterocycles. The molecule has 0 aliphatic carbocycles. The van der Waals surface area contributed by atoms with Gasteiger partial charge in [0.15, 0.2) is 5.96 Å². The minimum Gasteiger partial charge on any atom is -0.372 e. The first-order chi connectivity index (χ1) is 14.8. The van der Waals surface area contributed by atoms with Crippen LogP contribution in [0.15, 0.2) is 65.8 Å². The molecule has 3 aromatic rings. The Hall–Kier alpha value is -2.70. The van der Waals surface area contributed by atoms with Crippen LogP contribution in [-0.4, -0.2) is 24.5 Å². The number of thiazole rings is 1. The number of rotatable bonds is 10. The van der Waals surface area contributed by atoms with Gasteiger partial charge in [-0.2, -0.15) is 0 Å². The zero-order valence-electron chi connectivity index (χ0n) is 17.7. The third-order valence-corrected chi connectivity index (χ3v) is 5.94. The van der Waals surface area contributed by atoms with Crippen molar-refractivity contribution in [1.29, 1.82) is 0 Å². The average molecular weight is 423 g/mol. The second-order valence-corrected chi connectivity index (χ2v) is 8.12. The monoisotopic (exact) mass is 422 g/mol. The first-order valence-electron chi connectivity index (χ1n) is 10.3. The predicted octanol–water partition coefficient (Wildman–Crippen LogP) is 4.33. The summed E-state index contributed by atoms with van der Waals surface area (Å²) in [6, 6.07) is 18.6. The quantitative estimate of drug-likeness (QED) is 0.377. The molecule has 0 amide bonds. The van der Waals surface area contributed by atoms with Crippen LogP contribution in [-0.2, 0) is 37.3 Å². The van der Waals surface area contributed by atoms with E-state index in [1.54, 1.807) is 18.4 Å². The summed E-state index contributed by atoms with van der Waals surface area (Å²) < 4.78 is 5.93. The van der Waals surface area contributed by atoms with E-state index < -0.39 is 0 Å². The topological polar surface area (TPSA) is 58.5 Å². The molecule has 158 valence electrons. The zero-order chi connectivity index (χ0) is 21.0. The maximum absolute atomic E-state index is 5.93. The van der Waals surface area contributed by atoms with Crippen molar-refractivity contribution >= 4 is 17.3 Å². The molecule has 3 rings (SSSR count). The second-order valence-electron chi connectivity index (χ2n) is 6.92. The summed E-state index contributed by atoms with van der Waals surface area (Å²) in [5.74, 6) is 0.794. The Bertz CT molecular complexity index is 924. The fourth-order valence-electron chi connectivity index (χ4n) is 3.04. The van der Waals surface area contributed by atoms with Crippen molar-refractivity contribution in [2.24, 2.45) is 4.99 Å². The highest BCUT2D eigenvalue weighted by atomic mass is 32.1. The number of nitrogens with zero attached hydrogens (tertiary/aromatic N) is 2. The lowest BCUT2D eigenvalue weighted by Crippen LogP contribution is -2.38. The minimum absolute atomic E-state index is 0.586. The Balaban J connectivity index is 1.45. The van der Waals surface area contributed by atoms with Crippen molar-refractivity contribution in [3.05, 3.63) is 87.4 Å². The normalized spacial score (nSPS) is 11.5. The van der Waals surface area contributed by atoms with Gasteiger partial charge in [0.1, 0.15) is 0 Å². The summed E-state index contributed by atoms with van der Waals surface area (Å²) in [7, 11) is 1.79. The molecule has 0 fully saturated rings. The molecule has 2 aromatic carbocycles. The Morgan fingerprint density at radius 3 is 2.50 bits per heavy atom. The molecule has 0 saturated carbocycles. The van der Waals surface area contributed by atoms with E-state index in [0.29, 0.717) is 19.8 Å². The molecular weight excluding hydrogens is 392 g/mol. The Morgan fingerprint density at radius 2 is 1.77 bits per heavy atom. The van der Waals surface area contributed by atoms with Crippen molar-refractivity contribution < 1.29 is 4.74 Å². The molecule has 0 radical (unpaired) electrons. The molecule has 0 unspecified atom stereocenters. The Morgan fingerprint density at radius 1 is 1.00 bits per heavy atom. The number of hydrogen-bond acceptors (Lipinski definition) is 4. The SMILES string of the molecule is CCc1cnc(CCNC(=NC)NCc2ccccc2COCc2ccccc2)s1. The molecule has 30 heavy (non-hydrogen) atoms. The maximum Gasteiger partial charge on any atom is 0.191 e. The molecule has 0 aliphatic rings. The summed E-state index contributed by atoms with van der Waals surface area (Å²) in [6.07, 6.45) is 3.92. The van der Waals surface area contributed by atoms with Gasteiger partial charge >= 0.3 is 0 Å². The van der Waals surface area contributed by atoms with Crippen LogP contribution in [0.1, 0.15) is 33.5 Å².